The highest BCUT2D eigenvalue weighted by atomic mass is 32.2. The Balaban J connectivity index is 2.60. The smallest absolute Gasteiger partial charge is 0.241 e. The number of hydrogen-bond donors (Lipinski definition) is 3. The Morgan fingerprint density at radius 2 is 1.78 bits per heavy atom. The van der Waals surface area contributed by atoms with Gasteiger partial charge >= 0.3 is 0 Å². The van der Waals surface area contributed by atoms with Gasteiger partial charge in [0, 0.05) is 5.75 Å². The van der Waals surface area contributed by atoms with E-state index >= 15 is 0 Å². The van der Waals surface area contributed by atoms with Crippen LogP contribution in [0, 0.1) is 0 Å². The first kappa shape index (κ1) is 20.7. The van der Waals surface area contributed by atoms with Gasteiger partial charge in [0.15, 0.2) is 0 Å². The van der Waals surface area contributed by atoms with Crippen LogP contribution in [0.2, 0.25) is 0 Å². The van der Waals surface area contributed by atoms with Gasteiger partial charge in [-0.05, 0) is 25.0 Å². The molecule has 0 radical (unpaired) electrons. The van der Waals surface area contributed by atoms with Gasteiger partial charge in [-0.25, -0.2) is 8.42 Å². The molecule has 1 unspecified atom stereocenters. The summed E-state index contributed by atoms with van der Waals surface area (Å²) in [6, 6.07) is 8.21. The van der Waals surface area contributed by atoms with Gasteiger partial charge in [0.25, 0.3) is 0 Å². The molecule has 5 nitrogen and oxygen atoms in total. The molecule has 0 aliphatic carbocycles. The average molecular weight is 410 g/mol. The van der Waals surface area contributed by atoms with Gasteiger partial charge in [-0.3, -0.25) is 0 Å². The lowest BCUT2D eigenvalue weighted by Crippen LogP contribution is -2.34. The van der Waals surface area contributed by atoms with Gasteiger partial charge in [-0.15, -0.1) is 0 Å². The number of thioether (sulfide) groups is 2. The minimum Gasteiger partial charge on any atom is -0.385 e. The van der Waals surface area contributed by atoms with Crippen LogP contribution in [0.15, 0.2) is 35.2 Å². The summed E-state index contributed by atoms with van der Waals surface area (Å²) in [5.41, 5.74) is 11.0. The van der Waals surface area contributed by atoms with Crippen LogP contribution in [-0.2, 0) is 10.0 Å². The maximum Gasteiger partial charge on any atom is 0.241 e. The van der Waals surface area contributed by atoms with Crippen LogP contribution in [0.4, 0.5) is 0 Å². The zero-order valence-corrected chi connectivity index (χ0v) is 16.4. The second-order valence-corrected chi connectivity index (χ2v) is 10.0. The van der Waals surface area contributed by atoms with Crippen LogP contribution in [-0.4, -0.2) is 28.2 Å². The Labute approximate surface area is 156 Å². The Kier molecular flexibility index (Phi) is 9.40. The van der Waals surface area contributed by atoms with Crippen molar-refractivity contribution >= 4 is 66.6 Å². The van der Waals surface area contributed by atoms with Crippen molar-refractivity contribution in [3.8, 4) is 0 Å². The van der Waals surface area contributed by atoms with Gasteiger partial charge < -0.3 is 11.5 Å². The zero-order valence-electron chi connectivity index (χ0n) is 12.3. The highest BCUT2D eigenvalue weighted by Gasteiger charge is 2.20. The first-order valence-corrected chi connectivity index (χ1v) is 10.9. The van der Waals surface area contributed by atoms with Gasteiger partial charge in [-0.2, -0.15) is 4.72 Å². The molecule has 0 fully saturated rings. The van der Waals surface area contributed by atoms with E-state index in [9.17, 15) is 8.42 Å². The molecule has 1 atom stereocenters. The standard InChI is InChI=1S/C13H19N3O2S5/c14-12(19)21-9-5-4-8-11(22-13(15)20)16-23(17,18)10-6-2-1-3-7-10/h1-3,6-7,11,16H,4-5,8-9H2,(H2,14,19)(H2,15,20). The lowest BCUT2D eigenvalue weighted by Gasteiger charge is -2.17. The third kappa shape index (κ3) is 8.87. The number of nitrogens with two attached hydrogens (primary N) is 2. The molecule has 0 saturated heterocycles. The SMILES string of the molecule is NC(=S)SCCCCC(NS(=O)(=O)c1ccccc1)SC(N)=S. The van der Waals surface area contributed by atoms with E-state index in [1.165, 1.54) is 11.8 Å². The number of unbranched alkanes of at least 4 members (excludes halogenated alkanes) is 1. The van der Waals surface area contributed by atoms with Crippen molar-refractivity contribution in [1.29, 1.82) is 0 Å². The Hall–Kier alpha value is -0.390. The molecule has 0 spiro atoms. The Morgan fingerprint density at radius 3 is 2.35 bits per heavy atom. The first-order chi connectivity index (χ1) is 10.8. The van der Waals surface area contributed by atoms with Crippen LogP contribution >= 0.6 is 48.0 Å². The predicted octanol–water partition coefficient (Wildman–Crippen LogP) is 2.41. The van der Waals surface area contributed by atoms with E-state index in [0.717, 1.165) is 30.4 Å². The fourth-order valence-corrected chi connectivity index (χ4v) is 5.13. The molecule has 0 bridgehead atoms. The zero-order chi connectivity index (χ0) is 17.3. The van der Waals surface area contributed by atoms with Crippen molar-refractivity contribution in [2.45, 2.75) is 29.5 Å². The summed E-state index contributed by atoms with van der Waals surface area (Å²) in [4.78, 5) is 0.220. The lowest BCUT2D eigenvalue weighted by molar-refractivity contribution is 0.569. The molecule has 1 aromatic carbocycles. The number of sulfonamides is 1. The summed E-state index contributed by atoms with van der Waals surface area (Å²) in [5.74, 6) is 0.811. The minimum absolute atomic E-state index is 0.211. The largest absolute Gasteiger partial charge is 0.385 e. The highest BCUT2D eigenvalue weighted by molar-refractivity contribution is 8.23. The molecule has 10 heteroatoms. The first-order valence-electron chi connectivity index (χ1n) is 6.77. The molecule has 1 rings (SSSR count). The van der Waals surface area contributed by atoms with Crippen LogP contribution in [0.25, 0.3) is 0 Å². The number of nitrogens with one attached hydrogen (secondary N) is 1. The van der Waals surface area contributed by atoms with Crippen molar-refractivity contribution < 1.29 is 8.42 Å². The number of hydrogen-bond acceptors (Lipinski definition) is 6. The summed E-state index contributed by atoms with van der Waals surface area (Å²) in [5, 5.41) is -0.396. The molecular weight excluding hydrogens is 390 g/mol. The number of thiocarbonyl (C=S) groups is 2. The number of benzene rings is 1. The second kappa shape index (κ2) is 10.5. The Bertz CT molecular complexity index is 622. The second-order valence-electron chi connectivity index (χ2n) is 4.52. The third-order valence-electron chi connectivity index (χ3n) is 2.70. The van der Waals surface area contributed by atoms with Gasteiger partial charge in [0.05, 0.1) is 10.3 Å². The Morgan fingerprint density at radius 1 is 1.13 bits per heavy atom. The fraction of sp³-hybridized carbons (Fsp3) is 0.385. The molecule has 5 N–H and O–H groups in total. The molecule has 0 saturated carbocycles. The van der Waals surface area contributed by atoms with Crippen molar-refractivity contribution in [1.82, 2.24) is 4.72 Å². The minimum atomic E-state index is -3.59. The van der Waals surface area contributed by atoms with Crippen molar-refractivity contribution in [2.75, 3.05) is 5.75 Å². The van der Waals surface area contributed by atoms with Gasteiger partial charge in [0.2, 0.25) is 10.0 Å². The van der Waals surface area contributed by atoms with E-state index in [4.69, 9.17) is 35.9 Å². The molecule has 0 heterocycles. The van der Waals surface area contributed by atoms with Crippen molar-refractivity contribution in [3.05, 3.63) is 30.3 Å². The summed E-state index contributed by atoms with van der Waals surface area (Å²) in [7, 11) is -3.59. The van der Waals surface area contributed by atoms with E-state index < -0.39 is 15.4 Å². The monoisotopic (exact) mass is 409 g/mol. The quantitative estimate of drug-likeness (QED) is 0.325. The summed E-state index contributed by atoms with van der Waals surface area (Å²) in [6.45, 7) is 0. The van der Waals surface area contributed by atoms with Crippen molar-refractivity contribution in [3.63, 3.8) is 0 Å². The van der Waals surface area contributed by atoms with Crippen LogP contribution < -0.4 is 16.2 Å². The summed E-state index contributed by atoms with van der Waals surface area (Å²) >= 11 is 12.2. The molecule has 1 aromatic rings. The van der Waals surface area contributed by atoms with Gasteiger partial charge in [-0.1, -0.05) is 72.6 Å². The molecule has 23 heavy (non-hydrogen) atoms. The molecule has 0 aromatic heterocycles. The predicted molar refractivity (Wildman–Crippen MR) is 108 cm³/mol. The molecule has 0 aliphatic rings. The molecule has 0 amide bonds. The van der Waals surface area contributed by atoms with E-state index in [2.05, 4.69) is 4.72 Å². The van der Waals surface area contributed by atoms with Crippen LogP contribution in [0.3, 0.4) is 0 Å². The molecule has 128 valence electrons. The maximum absolute atomic E-state index is 12.4. The van der Waals surface area contributed by atoms with E-state index in [0.29, 0.717) is 10.7 Å². The highest BCUT2D eigenvalue weighted by Crippen LogP contribution is 2.19. The molecular formula is C13H19N3O2S5. The van der Waals surface area contributed by atoms with E-state index in [1.807, 2.05) is 0 Å². The van der Waals surface area contributed by atoms with Crippen molar-refractivity contribution in [2.24, 2.45) is 11.5 Å². The fourth-order valence-electron chi connectivity index (χ4n) is 1.73. The molecule has 0 aliphatic heterocycles. The van der Waals surface area contributed by atoms with Crippen LogP contribution in [0.5, 0.6) is 0 Å². The van der Waals surface area contributed by atoms with E-state index in [-0.39, 0.29) is 9.22 Å². The van der Waals surface area contributed by atoms with Crippen LogP contribution in [0.1, 0.15) is 19.3 Å². The lowest BCUT2D eigenvalue weighted by atomic mass is 10.2. The normalized spacial score (nSPS) is 12.7. The topological polar surface area (TPSA) is 98.2 Å². The van der Waals surface area contributed by atoms with E-state index in [1.54, 1.807) is 30.3 Å². The average Bonchev–Trinajstić information content (AvgIpc) is 2.46. The summed E-state index contributed by atoms with van der Waals surface area (Å²) < 4.78 is 28.0. The van der Waals surface area contributed by atoms with Gasteiger partial charge in [0.1, 0.15) is 8.64 Å². The number of rotatable bonds is 9. The maximum atomic E-state index is 12.4. The summed E-state index contributed by atoms with van der Waals surface area (Å²) in [6.07, 6.45) is 2.31. The third-order valence-corrected chi connectivity index (χ3v) is 6.63.